The zero-order valence-corrected chi connectivity index (χ0v) is 19.7. The molecule has 0 rings (SSSR count). The van der Waals surface area contributed by atoms with Gasteiger partial charge in [0.2, 0.25) is 0 Å². The van der Waals surface area contributed by atoms with Crippen LogP contribution in [0, 0.1) is 5.92 Å². The third-order valence-corrected chi connectivity index (χ3v) is 4.66. The standard InChI is InChI=1S/C29H35F3/c1-11-12-13-23(7)28(31)29(32)26(10)22(6)17-16-20(4)24(8)18-27(30)25(9)21(5)15-14-19(2)3/h11,15-19H,1,4,6-10,12-14H2,2-3,5H3/b17-16-,21-15+,27-18+,29-28-. The summed E-state index contributed by atoms with van der Waals surface area (Å²) in [5, 5.41) is 0. The number of allylic oxidation sites excluding steroid dienone is 15. The first-order chi connectivity index (χ1) is 14.8. The van der Waals surface area contributed by atoms with E-state index >= 15 is 0 Å². The fraction of sp³-hybridized carbons (Fsp3) is 0.241. The molecule has 3 heteroatoms. The van der Waals surface area contributed by atoms with E-state index in [0.29, 0.717) is 23.5 Å². The van der Waals surface area contributed by atoms with Crippen molar-refractivity contribution in [3.05, 3.63) is 133 Å². The van der Waals surface area contributed by atoms with E-state index in [1.54, 1.807) is 13.0 Å². The predicted molar refractivity (Wildman–Crippen MR) is 135 cm³/mol. The molecule has 0 spiro atoms. The number of hydrogen-bond acceptors (Lipinski definition) is 0. The first-order valence-corrected chi connectivity index (χ1v) is 10.4. The van der Waals surface area contributed by atoms with Crippen LogP contribution in [0.15, 0.2) is 133 Å². The van der Waals surface area contributed by atoms with E-state index in [-0.39, 0.29) is 28.7 Å². The second kappa shape index (κ2) is 14.1. The molecular formula is C29H35F3. The normalized spacial score (nSPS) is 13.1. The number of hydrogen-bond donors (Lipinski definition) is 0. The van der Waals surface area contributed by atoms with Crippen LogP contribution >= 0.6 is 0 Å². The van der Waals surface area contributed by atoms with Crippen LogP contribution in [0.2, 0.25) is 0 Å². The zero-order valence-electron chi connectivity index (χ0n) is 19.7. The van der Waals surface area contributed by atoms with Crippen molar-refractivity contribution in [1.82, 2.24) is 0 Å². The topological polar surface area (TPSA) is 0 Å². The van der Waals surface area contributed by atoms with Gasteiger partial charge in [0, 0.05) is 11.1 Å². The van der Waals surface area contributed by atoms with Crippen LogP contribution in [0.5, 0.6) is 0 Å². The molecule has 0 nitrogen and oxygen atoms in total. The summed E-state index contributed by atoms with van der Waals surface area (Å²) in [5.41, 5.74) is 1.69. The highest BCUT2D eigenvalue weighted by Gasteiger charge is 2.14. The summed E-state index contributed by atoms with van der Waals surface area (Å²) in [7, 11) is 0. The average Bonchev–Trinajstić information content (AvgIpc) is 2.76. The van der Waals surface area contributed by atoms with Crippen molar-refractivity contribution in [2.45, 2.75) is 40.0 Å². The smallest absolute Gasteiger partial charge is 0.166 e. The Morgan fingerprint density at radius 3 is 1.91 bits per heavy atom. The summed E-state index contributed by atoms with van der Waals surface area (Å²) in [6, 6.07) is 0. The molecule has 0 N–H and O–H groups in total. The molecule has 0 saturated heterocycles. The van der Waals surface area contributed by atoms with Gasteiger partial charge in [-0.1, -0.05) is 77.6 Å². The third kappa shape index (κ3) is 9.82. The molecule has 0 radical (unpaired) electrons. The largest absolute Gasteiger partial charge is 0.206 e. The Morgan fingerprint density at radius 1 is 0.812 bits per heavy atom. The average molecular weight is 441 g/mol. The minimum Gasteiger partial charge on any atom is -0.206 e. The molecule has 0 aliphatic carbocycles. The number of halogens is 3. The van der Waals surface area contributed by atoms with Crippen LogP contribution in [0.3, 0.4) is 0 Å². The van der Waals surface area contributed by atoms with Gasteiger partial charge in [0.25, 0.3) is 0 Å². The van der Waals surface area contributed by atoms with E-state index in [9.17, 15) is 13.2 Å². The van der Waals surface area contributed by atoms with Crippen LogP contribution in [0.25, 0.3) is 0 Å². The van der Waals surface area contributed by atoms with Gasteiger partial charge in [-0.2, -0.15) is 0 Å². The monoisotopic (exact) mass is 440 g/mol. The Labute approximate surface area is 192 Å². The molecule has 0 aliphatic heterocycles. The van der Waals surface area contributed by atoms with Crippen molar-refractivity contribution in [1.29, 1.82) is 0 Å². The fourth-order valence-electron chi connectivity index (χ4n) is 2.28. The SMILES string of the molecule is C=CCCC(=C)/C(F)=C(/F)C(=C)C(=C)/C=C\C(=C)C(=C)/C=C(/F)C(=C)/C(C)=C/CC(C)C. The molecule has 0 amide bonds. The van der Waals surface area contributed by atoms with Gasteiger partial charge in [0.05, 0.1) is 0 Å². The van der Waals surface area contributed by atoms with Gasteiger partial charge < -0.3 is 0 Å². The van der Waals surface area contributed by atoms with Crippen molar-refractivity contribution < 1.29 is 13.2 Å². The highest BCUT2D eigenvalue weighted by atomic mass is 19.2. The Kier molecular flexibility index (Phi) is 12.7. The van der Waals surface area contributed by atoms with Crippen LogP contribution in [-0.4, -0.2) is 0 Å². The van der Waals surface area contributed by atoms with Gasteiger partial charge in [-0.3, -0.25) is 0 Å². The molecule has 0 aromatic heterocycles. The Balaban J connectivity index is 5.25. The first-order valence-electron chi connectivity index (χ1n) is 10.4. The lowest BCUT2D eigenvalue weighted by atomic mass is 10.00. The van der Waals surface area contributed by atoms with Gasteiger partial charge in [-0.25, -0.2) is 13.2 Å². The number of rotatable bonds is 14. The summed E-state index contributed by atoms with van der Waals surface area (Å²) in [6.45, 7) is 31.7. The molecule has 0 saturated carbocycles. The summed E-state index contributed by atoms with van der Waals surface area (Å²) in [5.74, 6) is -2.23. The summed E-state index contributed by atoms with van der Waals surface area (Å²) < 4.78 is 43.1. The summed E-state index contributed by atoms with van der Waals surface area (Å²) in [6.07, 6.45) is 9.26. The Bertz CT molecular complexity index is 927. The Hall–Kier alpha value is -3.07. The molecule has 32 heavy (non-hydrogen) atoms. The van der Waals surface area contributed by atoms with Gasteiger partial charge >= 0.3 is 0 Å². The lowest BCUT2D eigenvalue weighted by Crippen LogP contribution is -1.92. The molecule has 0 aromatic rings. The van der Waals surface area contributed by atoms with Crippen molar-refractivity contribution in [3.8, 4) is 0 Å². The molecular weight excluding hydrogens is 405 g/mol. The minimum absolute atomic E-state index is 0.0247. The van der Waals surface area contributed by atoms with E-state index in [1.807, 2.05) is 6.08 Å². The van der Waals surface area contributed by atoms with Gasteiger partial charge in [-0.05, 0) is 66.0 Å². The van der Waals surface area contributed by atoms with E-state index in [2.05, 4.69) is 59.9 Å². The van der Waals surface area contributed by atoms with Crippen molar-refractivity contribution in [2.24, 2.45) is 5.92 Å². The molecule has 0 atom stereocenters. The zero-order chi connectivity index (χ0) is 25.0. The second-order valence-corrected chi connectivity index (χ2v) is 7.93. The maximum Gasteiger partial charge on any atom is 0.166 e. The van der Waals surface area contributed by atoms with E-state index < -0.39 is 17.5 Å². The van der Waals surface area contributed by atoms with E-state index in [4.69, 9.17) is 0 Å². The second-order valence-electron chi connectivity index (χ2n) is 7.93. The van der Waals surface area contributed by atoms with Crippen LogP contribution in [0.4, 0.5) is 13.2 Å². The highest BCUT2D eigenvalue weighted by molar-refractivity contribution is 5.54. The van der Waals surface area contributed by atoms with Crippen molar-refractivity contribution in [3.63, 3.8) is 0 Å². The minimum atomic E-state index is -1.12. The molecule has 0 aliphatic rings. The predicted octanol–water partition coefficient (Wildman–Crippen LogP) is 9.84. The molecule has 0 heterocycles. The summed E-state index contributed by atoms with van der Waals surface area (Å²) >= 11 is 0. The molecule has 0 fully saturated rings. The first kappa shape index (κ1) is 28.9. The maximum atomic E-state index is 14.5. The van der Waals surface area contributed by atoms with Gasteiger partial charge in [0.1, 0.15) is 5.83 Å². The van der Waals surface area contributed by atoms with Crippen molar-refractivity contribution >= 4 is 0 Å². The van der Waals surface area contributed by atoms with Gasteiger partial charge in [-0.15, -0.1) is 6.58 Å². The molecule has 0 bridgehead atoms. The molecule has 0 unspecified atom stereocenters. The van der Waals surface area contributed by atoms with E-state index in [1.165, 1.54) is 18.2 Å². The fourth-order valence-corrected chi connectivity index (χ4v) is 2.28. The highest BCUT2D eigenvalue weighted by Crippen LogP contribution is 2.29. The van der Waals surface area contributed by atoms with Crippen LogP contribution in [0.1, 0.15) is 40.0 Å². The van der Waals surface area contributed by atoms with Crippen LogP contribution in [-0.2, 0) is 0 Å². The van der Waals surface area contributed by atoms with Crippen molar-refractivity contribution in [2.75, 3.05) is 0 Å². The van der Waals surface area contributed by atoms with E-state index in [0.717, 1.165) is 12.0 Å². The lowest BCUT2D eigenvalue weighted by Gasteiger charge is -2.08. The maximum absolute atomic E-state index is 14.5. The quantitative estimate of drug-likeness (QED) is 0.186. The third-order valence-electron chi connectivity index (χ3n) is 4.66. The lowest BCUT2D eigenvalue weighted by molar-refractivity contribution is 0.552. The van der Waals surface area contributed by atoms with Gasteiger partial charge in [0.15, 0.2) is 11.7 Å². The molecule has 172 valence electrons. The van der Waals surface area contributed by atoms with Crippen LogP contribution < -0.4 is 0 Å². The summed E-state index contributed by atoms with van der Waals surface area (Å²) in [4.78, 5) is 0. The molecule has 0 aromatic carbocycles. The Morgan fingerprint density at radius 2 is 1.38 bits per heavy atom.